The van der Waals surface area contributed by atoms with Crippen molar-refractivity contribution < 1.29 is 18.9 Å². The molecular weight excluding hydrogens is 119 g/mol. The normalized spacial score (nSPS) is 9.20. The number of rotatable bonds is 0. The molecule has 2 aromatic rings. The van der Waals surface area contributed by atoms with Gasteiger partial charge in [-0.2, -0.15) is 6.07 Å². The van der Waals surface area contributed by atoms with E-state index in [-0.39, 0.29) is 18.9 Å². The zero-order valence-corrected chi connectivity index (χ0v) is 5.78. The second kappa shape index (κ2) is 2.92. The van der Waals surface area contributed by atoms with Gasteiger partial charge in [0.05, 0.1) is 0 Å². The predicted molar refractivity (Wildman–Crippen MR) is 34.0 cm³/mol. The summed E-state index contributed by atoms with van der Waals surface area (Å²) in [6, 6.07) is 6.76. The van der Waals surface area contributed by atoms with E-state index in [1.807, 2.05) is 28.9 Å². The fraction of sp³-hybridized carbons (Fsp3) is 0. The van der Waals surface area contributed by atoms with Crippen molar-refractivity contribution in [2.24, 2.45) is 0 Å². The summed E-state index contributed by atoms with van der Waals surface area (Å²) in [6.07, 6.45) is 5.59. The second-order valence-electron chi connectivity index (χ2n) is 1.81. The van der Waals surface area contributed by atoms with Crippen molar-refractivity contribution in [1.29, 1.82) is 0 Å². The van der Waals surface area contributed by atoms with Crippen LogP contribution in [0.1, 0.15) is 0 Å². The zero-order chi connectivity index (χ0) is 6.10. The fourth-order valence-corrected chi connectivity index (χ4v) is 0.804. The van der Waals surface area contributed by atoms with Crippen LogP contribution in [0.2, 0.25) is 0 Å². The molecule has 0 saturated carbocycles. The molecule has 0 amide bonds. The molecule has 44 valence electrons. The van der Waals surface area contributed by atoms with Crippen LogP contribution in [0.25, 0.3) is 5.65 Å². The van der Waals surface area contributed by atoms with Gasteiger partial charge in [-0.15, -0.1) is 0 Å². The first-order chi connectivity index (χ1) is 4.47. The average Bonchev–Trinajstić information content (AvgIpc) is 2.33. The third-order valence-corrected chi connectivity index (χ3v) is 1.22. The molecule has 0 aliphatic rings. The van der Waals surface area contributed by atoms with E-state index in [1.54, 1.807) is 6.20 Å². The van der Waals surface area contributed by atoms with Crippen LogP contribution in [0.4, 0.5) is 0 Å². The van der Waals surface area contributed by atoms with Gasteiger partial charge in [-0.25, -0.2) is 12.1 Å². The van der Waals surface area contributed by atoms with E-state index in [4.69, 9.17) is 0 Å². The number of hydrogen-bond acceptors (Lipinski definition) is 1. The number of aromatic nitrogens is 2. The van der Waals surface area contributed by atoms with Gasteiger partial charge in [0, 0.05) is 18.0 Å². The molecule has 3 heteroatoms. The van der Waals surface area contributed by atoms with E-state index in [0.29, 0.717) is 0 Å². The number of fused-ring (bicyclic) bond motifs is 1. The first kappa shape index (κ1) is 7.40. The van der Waals surface area contributed by atoms with Gasteiger partial charge in [0.1, 0.15) is 0 Å². The Kier molecular flexibility index (Phi) is 2.16. The minimum atomic E-state index is 0. The minimum absolute atomic E-state index is 0. The van der Waals surface area contributed by atoms with Crippen LogP contribution in [0.5, 0.6) is 0 Å². The number of nitrogens with zero attached hydrogens (tertiary/aromatic N) is 2. The van der Waals surface area contributed by atoms with Gasteiger partial charge >= 0.3 is 18.9 Å². The number of pyridine rings is 1. The predicted octanol–water partition coefficient (Wildman–Crippen LogP) is -1.86. The van der Waals surface area contributed by atoms with Gasteiger partial charge in [-0.1, -0.05) is 6.20 Å². The topological polar surface area (TPSA) is 17.3 Å². The maximum Gasteiger partial charge on any atom is 1.00 e. The molecule has 0 spiro atoms. The molecule has 2 aromatic heterocycles. The molecule has 0 saturated heterocycles. The van der Waals surface area contributed by atoms with E-state index in [9.17, 15) is 0 Å². The molecule has 0 aliphatic heterocycles. The van der Waals surface area contributed by atoms with E-state index < -0.39 is 0 Å². The molecule has 0 aliphatic carbocycles. The van der Waals surface area contributed by atoms with Gasteiger partial charge < -0.3 is 4.40 Å². The molecular formula is C7H5LiN2. The molecule has 0 radical (unpaired) electrons. The van der Waals surface area contributed by atoms with Crippen molar-refractivity contribution in [2.45, 2.75) is 0 Å². The Morgan fingerprint density at radius 1 is 1.40 bits per heavy atom. The average molecular weight is 124 g/mol. The van der Waals surface area contributed by atoms with Crippen LogP contribution in [0, 0.1) is 6.07 Å². The molecule has 0 N–H and O–H groups in total. The molecule has 0 unspecified atom stereocenters. The van der Waals surface area contributed by atoms with Crippen molar-refractivity contribution in [1.82, 2.24) is 9.38 Å². The molecule has 2 nitrogen and oxygen atoms in total. The minimum Gasteiger partial charge on any atom is -0.340 e. The van der Waals surface area contributed by atoms with Crippen LogP contribution >= 0.6 is 0 Å². The summed E-state index contributed by atoms with van der Waals surface area (Å²) in [4.78, 5) is 4.03. The Labute approximate surface area is 71.1 Å². The van der Waals surface area contributed by atoms with Crippen LogP contribution in [-0.2, 0) is 0 Å². The van der Waals surface area contributed by atoms with E-state index >= 15 is 0 Å². The van der Waals surface area contributed by atoms with Gasteiger partial charge in [-0.05, 0) is 0 Å². The summed E-state index contributed by atoms with van der Waals surface area (Å²) >= 11 is 0. The third kappa shape index (κ3) is 1.09. The quantitative estimate of drug-likeness (QED) is 0.297. The molecule has 0 atom stereocenters. The summed E-state index contributed by atoms with van der Waals surface area (Å²) in [5.74, 6) is 0. The van der Waals surface area contributed by atoms with Crippen molar-refractivity contribution in [2.75, 3.05) is 0 Å². The molecule has 0 bridgehead atoms. The molecule has 10 heavy (non-hydrogen) atoms. The summed E-state index contributed by atoms with van der Waals surface area (Å²) in [5.41, 5.74) is 0.873. The van der Waals surface area contributed by atoms with E-state index in [0.717, 1.165) is 5.65 Å². The van der Waals surface area contributed by atoms with Crippen molar-refractivity contribution in [3.63, 3.8) is 0 Å². The SMILES string of the molecule is [Li+].[c-]1cccn2ccnc12. The molecule has 0 aromatic carbocycles. The van der Waals surface area contributed by atoms with Crippen molar-refractivity contribution in [3.8, 4) is 0 Å². The van der Waals surface area contributed by atoms with E-state index in [2.05, 4.69) is 11.1 Å². The standard InChI is InChI=1S/C7H5N2.Li/c1-2-5-9-6-4-8-7(9)3-1;/h1-2,4-6H;/q-1;+1. The van der Waals surface area contributed by atoms with E-state index in [1.165, 1.54) is 0 Å². The summed E-state index contributed by atoms with van der Waals surface area (Å²) in [5, 5.41) is 0. The molecule has 2 heterocycles. The molecule has 0 fully saturated rings. The summed E-state index contributed by atoms with van der Waals surface area (Å²) in [6.45, 7) is 0. The smallest absolute Gasteiger partial charge is 0.340 e. The Hall–Kier alpha value is -0.713. The first-order valence-electron chi connectivity index (χ1n) is 2.76. The fourth-order valence-electron chi connectivity index (χ4n) is 0.804. The molecule has 2 rings (SSSR count). The van der Waals surface area contributed by atoms with Crippen molar-refractivity contribution >= 4 is 5.65 Å². The van der Waals surface area contributed by atoms with Gasteiger partial charge in [0.15, 0.2) is 0 Å². The second-order valence-corrected chi connectivity index (χ2v) is 1.81. The first-order valence-corrected chi connectivity index (χ1v) is 2.76. The maximum absolute atomic E-state index is 4.03. The maximum atomic E-state index is 4.03. The van der Waals surface area contributed by atoms with Gasteiger partial charge in [-0.3, -0.25) is 4.98 Å². The van der Waals surface area contributed by atoms with Crippen LogP contribution in [0.15, 0.2) is 30.7 Å². The van der Waals surface area contributed by atoms with Gasteiger partial charge in [0.2, 0.25) is 0 Å². The van der Waals surface area contributed by atoms with Crippen LogP contribution < -0.4 is 18.9 Å². The largest absolute Gasteiger partial charge is 1.00 e. The Morgan fingerprint density at radius 3 is 3.10 bits per heavy atom. The Balaban J connectivity index is 0.000000500. The van der Waals surface area contributed by atoms with Crippen molar-refractivity contribution in [3.05, 3.63) is 36.8 Å². The van der Waals surface area contributed by atoms with Crippen LogP contribution in [-0.4, -0.2) is 9.38 Å². The number of imidazole rings is 1. The summed E-state index contributed by atoms with van der Waals surface area (Å²) in [7, 11) is 0. The number of hydrogen-bond donors (Lipinski definition) is 0. The third-order valence-electron chi connectivity index (χ3n) is 1.22. The van der Waals surface area contributed by atoms with Gasteiger partial charge in [0.25, 0.3) is 0 Å². The monoisotopic (exact) mass is 124 g/mol. The Bertz CT molecular complexity index is 286. The summed E-state index contributed by atoms with van der Waals surface area (Å²) < 4.78 is 1.92. The zero-order valence-electron chi connectivity index (χ0n) is 5.78. The van der Waals surface area contributed by atoms with Crippen LogP contribution in [0.3, 0.4) is 0 Å². The Morgan fingerprint density at radius 2 is 2.30 bits per heavy atom.